The summed E-state index contributed by atoms with van der Waals surface area (Å²) in [6, 6.07) is 5.96. The van der Waals surface area contributed by atoms with Gasteiger partial charge in [-0.15, -0.1) is 0 Å². The van der Waals surface area contributed by atoms with Crippen LogP contribution in [0.4, 0.5) is 14.9 Å². The van der Waals surface area contributed by atoms with Crippen LogP contribution >= 0.6 is 11.6 Å². The lowest BCUT2D eigenvalue weighted by Gasteiger charge is -2.29. The number of nitrogens with one attached hydrogen (secondary N) is 3. The van der Waals surface area contributed by atoms with E-state index in [0.29, 0.717) is 16.7 Å². The van der Waals surface area contributed by atoms with Crippen LogP contribution < -0.4 is 20.7 Å². The smallest absolute Gasteiger partial charge is 0.337 e. The molecule has 0 aromatic heterocycles. The van der Waals surface area contributed by atoms with Crippen LogP contribution in [-0.2, 0) is 32.2 Å². The highest BCUT2D eigenvalue weighted by molar-refractivity contribution is 6.31. The van der Waals surface area contributed by atoms with Crippen LogP contribution in [0.3, 0.4) is 0 Å². The number of carbonyl (C=O) groups is 5. The van der Waals surface area contributed by atoms with Crippen molar-refractivity contribution in [1.29, 1.82) is 0 Å². The van der Waals surface area contributed by atoms with Gasteiger partial charge in [-0.3, -0.25) is 19.7 Å². The Kier molecular flexibility index (Phi) is 8.86. The monoisotopic (exact) mass is 600 g/mol. The van der Waals surface area contributed by atoms with E-state index in [2.05, 4.69) is 22.5 Å². The number of nitrogens with zero attached hydrogens (tertiary/aromatic N) is 1. The van der Waals surface area contributed by atoms with Crippen molar-refractivity contribution >= 4 is 47.0 Å². The number of piperidine rings is 1. The molecule has 42 heavy (non-hydrogen) atoms. The van der Waals surface area contributed by atoms with E-state index in [1.807, 2.05) is 0 Å². The molecule has 13 heteroatoms. The van der Waals surface area contributed by atoms with E-state index in [0.717, 1.165) is 0 Å². The first kappa shape index (κ1) is 30.5. The molecule has 0 aliphatic carbocycles. The molecule has 1 saturated heterocycles. The summed E-state index contributed by atoms with van der Waals surface area (Å²) in [5, 5.41) is 7.33. The number of halogens is 2. The molecule has 4 rings (SSSR count). The van der Waals surface area contributed by atoms with E-state index < -0.39 is 35.4 Å². The lowest BCUT2D eigenvalue weighted by atomic mass is 10.0. The molecule has 222 valence electrons. The SMILES string of the molecule is C=C(COc1cc(Cl)cc(NC(=O)NCc2ccc3c(c2)CN(C2CCC(=O)NC2=O)C3=O)c1F)C(=O)OC(C)(C)C. The second-order valence-corrected chi connectivity index (χ2v) is 11.3. The van der Waals surface area contributed by atoms with Gasteiger partial charge in [-0.1, -0.05) is 30.3 Å². The first-order valence-electron chi connectivity index (χ1n) is 13.1. The van der Waals surface area contributed by atoms with E-state index in [9.17, 15) is 24.0 Å². The number of hydrogen-bond acceptors (Lipinski definition) is 7. The Morgan fingerprint density at radius 2 is 1.93 bits per heavy atom. The molecule has 1 atom stereocenters. The van der Waals surface area contributed by atoms with E-state index in [1.165, 1.54) is 17.0 Å². The molecular weight excluding hydrogens is 571 g/mol. The summed E-state index contributed by atoms with van der Waals surface area (Å²) >= 11 is 6.09. The Bertz CT molecular complexity index is 1490. The van der Waals surface area contributed by atoms with Gasteiger partial charge in [0.1, 0.15) is 18.2 Å². The van der Waals surface area contributed by atoms with Crippen LogP contribution in [0, 0.1) is 5.82 Å². The van der Waals surface area contributed by atoms with Crippen molar-refractivity contribution in [1.82, 2.24) is 15.5 Å². The van der Waals surface area contributed by atoms with Crippen LogP contribution in [0.15, 0.2) is 42.5 Å². The molecule has 0 bridgehead atoms. The van der Waals surface area contributed by atoms with Gasteiger partial charge in [-0.2, -0.15) is 0 Å². The second kappa shape index (κ2) is 12.2. The van der Waals surface area contributed by atoms with E-state index in [4.69, 9.17) is 21.1 Å². The number of rotatable bonds is 8. The Hall–Kier alpha value is -4.45. The van der Waals surface area contributed by atoms with E-state index in [-0.39, 0.29) is 66.4 Å². The molecule has 2 aromatic carbocycles. The molecule has 2 heterocycles. The number of amides is 5. The fraction of sp³-hybridized carbons (Fsp3) is 0.345. The number of benzene rings is 2. The first-order chi connectivity index (χ1) is 19.7. The third-order valence-corrected chi connectivity index (χ3v) is 6.60. The maximum atomic E-state index is 15.1. The largest absolute Gasteiger partial charge is 0.485 e. The van der Waals surface area contributed by atoms with Gasteiger partial charge in [-0.25, -0.2) is 14.0 Å². The normalized spacial score (nSPS) is 16.5. The molecule has 2 aliphatic heterocycles. The summed E-state index contributed by atoms with van der Waals surface area (Å²) in [6.07, 6.45) is 0.410. The van der Waals surface area contributed by atoms with Gasteiger partial charge >= 0.3 is 12.0 Å². The maximum absolute atomic E-state index is 15.1. The molecule has 5 amide bonds. The number of ether oxygens (including phenoxy) is 2. The zero-order chi connectivity index (χ0) is 30.8. The van der Waals surface area contributed by atoms with Crippen LogP contribution in [0.1, 0.15) is 55.1 Å². The molecule has 3 N–H and O–H groups in total. The van der Waals surface area contributed by atoms with E-state index in [1.54, 1.807) is 39.0 Å². The van der Waals surface area contributed by atoms with Crippen molar-refractivity contribution < 1.29 is 37.8 Å². The molecule has 2 aliphatic rings. The third-order valence-electron chi connectivity index (χ3n) is 6.38. The Balaban J connectivity index is 1.34. The number of imide groups is 1. The molecular formula is C29H30ClFN4O7. The minimum absolute atomic E-state index is 0.0344. The Morgan fingerprint density at radius 1 is 1.19 bits per heavy atom. The molecule has 2 aromatic rings. The fourth-order valence-electron chi connectivity index (χ4n) is 4.42. The lowest BCUT2D eigenvalue weighted by Crippen LogP contribution is -2.52. The fourth-order valence-corrected chi connectivity index (χ4v) is 4.63. The van der Waals surface area contributed by atoms with Crippen LogP contribution in [0.25, 0.3) is 0 Å². The molecule has 0 spiro atoms. The van der Waals surface area contributed by atoms with Crippen LogP contribution in [0.2, 0.25) is 5.02 Å². The highest BCUT2D eigenvalue weighted by Crippen LogP contribution is 2.31. The minimum atomic E-state index is -0.906. The summed E-state index contributed by atoms with van der Waals surface area (Å²) in [5.41, 5.74) is 0.762. The molecule has 0 saturated carbocycles. The Labute approximate surface area is 246 Å². The zero-order valence-corrected chi connectivity index (χ0v) is 24.0. The summed E-state index contributed by atoms with van der Waals surface area (Å²) in [5.74, 6) is -3.07. The van der Waals surface area contributed by atoms with Crippen molar-refractivity contribution in [2.75, 3.05) is 11.9 Å². The topological polar surface area (TPSA) is 143 Å². The molecule has 11 nitrogen and oxygen atoms in total. The summed E-state index contributed by atoms with van der Waals surface area (Å²) in [4.78, 5) is 62.7. The first-order valence-corrected chi connectivity index (χ1v) is 13.4. The number of carbonyl (C=O) groups excluding carboxylic acids is 5. The van der Waals surface area contributed by atoms with Gasteiger partial charge in [0.25, 0.3) is 5.91 Å². The average molecular weight is 601 g/mol. The minimum Gasteiger partial charge on any atom is -0.485 e. The standard InChI is InChI=1S/C29H30ClFN4O7/c1-15(27(39)42-29(2,3)4)14-41-22-11-18(30)10-20(24(22)31)33-28(40)32-12-16-5-6-19-17(9-16)13-35(26(19)38)21-7-8-23(36)34-25(21)37/h5-6,9-11,21H,1,7-8,12-14H2,2-4H3,(H2,32,33,40)(H,34,36,37). The van der Waals surface area contributed by atoms with Gasteiger partial charge in [0.15, 0.2) is 11.6 Å². The van der Waals surface area contributed by atoms with Gasteiger partial charge in [0.05, 0.1) is 11.3 Å². The van der Waals surface area contributed by atoms with Crippen molar-refractivity contribution in [3.05, 3.63) is 70.0 Å². The summed E-state index contributed by atoms with van der Waals surface area (Å²) in [6.45, 7) is 8.57. The number of esters is 1. The van der Waals surface area contributed by atoms with Crippen molar-refractivity contribution in [2.24, 2.45) is 0 Å². The van der Waals surface area contributed by atoms with Gasteiger partial charge in [0.2, 0.25) is 11.8 Å². The number of anilines is 1. The average Bonchev–Trinajstić information content (AvgIpc) is 3.22. The van der Waals surface area contributed by atoms with Crippen molar-refractivity contribution in [3.8, 4) is 5.75 Å². The second-order valence-electron chi connectivity index (χ2n) is 10.9. The van der Waals surface area contributed by atoms with Gasteiger partial charge in [-0.05, 0) is 50.5 Å². The summed E-state index contributed by atoms with van der Waals surface area (Å²) < 4.78 is 25.6. The highest BCUT2D eigenvalue weighted by Gasteiger charge is 2.39. The maximum Gasteiger partial charge on any atom is 0.337 e. The Morgan fingerprint density at radius 3 is 2.62 bits per heavy atom. The zero-order valence-electron chi connectivity index (χ0n) is 23.3. The third kappa shape index (κ3) is 7.24. The van der Waals surface area contributed by atoms with Crippen molar-refractivity contribution in [2.45, 2.75) is 58.3 Å². The predicted octanol–water partition coefficient (Wildman–Crippen LogP) is 3.84. The highest BCUT2D eigenvalue weighted by atomic mass is 35.5. The van der Waals surface area contributed by atoms with Crippen LogP contribution in [0.5, 0.6) is 5.75 Å². The molecule has 1 fully saturated rings. The predicted molar refractivity (Wildman–Crippen MR) is 150 cm³/mol. The number of fused-ring (bicyclic) bond motifs is 1. The van der Waals surface area contributed by atoms with Crippen LogP contribution in [-0.4, -0.2) is 52.9 Å². The molecule has 0 radical (unpaired) electrons. The quantitative estimate of drug-likeness (QED) is 0.237. The van der Waals surface area contributed by atoms with Gasteiger partial charge < -0.3 is 25.0 Å². The number of urea groups is 1. The molecule has 1 unspecified atom stereocenters. The van der Waals surface area contributed by atoms with E-state index >= 15 is 4.39 Å². The van der Waals surface area contributed by atoms with Gasteiger partial charge in [0, 0.05) is 36.2 Å². The summed E-state index contributed by atoms with van der Waals surface area (Å²) in [7, 11) is 0. The lowest BCUT2D eigenvalue weighted by molar-refractivity contribution is -0.150. The van der Waals surface area contributed by atoms with Crippen molar-refractivity contribution in [3.63, 3.8) is 0 Å². The number of hydrogen-bond donors (Lipinski definition) is 3.